The van der Waals surface area contributed by atoms with Crippen molar-refractivity contribution in [3.05, 3.63) is 5.82 Å². The molecule has 78 valence electrons. The zero-order valence-corrected chi connectivity index (χ0v) is 9.13. The van der Waals surface area contributed by atoms with Gasteiger partial charge in [-0.1, -0.05) is 0 Å². The van der Waals surface area contributed by atoms with Crippen molar-refractivity contribution < 1.29 is 0 Å². The van der Waals surface area contributed by atoms with Gasteiger partial charge in [-0.15, -0.1) is 5.10 Å². The minimum absolute atomic E-state index is 0.703. The standard InChI is InChI=1S/C8H15N5S/c1-9-5-8-10-11-12-13(8)6-7-3-2-4-14-7/h7,9H,2-6H2,1H3. The monoisotopic (exact) mass is 213 g/mol. The molecule has 0 spiro atoms. The van der Waals surface area contributed by atoms with Crippen LogP contribution in [-0.4, -0.2) is 38.3 Å². The molecule has 6 heteroatoms. The Bertz CT molecular complexity index is 281. The third kappa shape index (κ3) is 2.24. The summed E-state index contributed by atoms with van der Waals surface area (Å²) in [6.45, 7) is 1.69. The second kappa shape index (κ2) is 4.75. The first-order valence-electron chi connectivity index (χ1n) is 4.91. The van der Waals surface area contributed by atoms with Crippen molar-refractivity contribution in [3.8, 4) is 0 Å². The first-order chi connectivity index (χ1) is 6.90. The van der Waals surface area contributed by atoms with Crippen molar-refractivity contribution >= 4 is 11.8 Å². The van der Waals surface area contributed by atoms with Gasteiger partial charge in [-0.2, -0.15) is 11.8 Å². The van der Waals surface area contributed by atoms with Crippen LogP contribution < -0.4 is 5.32 Å². The molecular weight excluding hydrogens is 198 g/mol. The van der Waals surface area contributed by atoms with E-state index in [-0.39, 0.29) is 0 Å². The van der Waals surface area contributed by atoms with Crippen molar-refractivity contribution in [2.75, 3.05) is 12.8 Å². The lowest BCUT2D eigenvalue weighted by Gasteiger charge is -2.09. The average Bonchev–Trinajstić information content (AvgIpc) is 2.80. The number of nitrogens with zero attached hydrogens (tertiary/aromatic N) is 4. The van der Waals surface area contributed by atoms with Crippen LogP contribution in [0.25, 0.3) is 0 Å². The van der Waals surface area contributed by atoms with E-state index in [4.69, 9.17) is 0 Å². The molecule has 5 nitrogen and oxygen atoms in total. The molecule has 0 aromatic carbocycles. The predicted molar refractivity (Wildman–Crippen MR) is 56.1 cm³/mol. The van der Waals surface area contributed by atoms with E-state index in [0.717, 1.165) is 18.9 Å². The van der Waals surface area contributed by atoms with Crippen LogP contribution in [0.3, 0.4) is 0 Å². The molecule has 0 saturated carbocycles. The van der Waals surface area contributed by atoms with Gasteiger partial charge in [0.2, 0.25) is 0 Å². The SMILES string of the molecule is CNCc1nnnn1CC1CCCS1. The molecule has 1 aliphatic heterocycles. The van der Waals surface area contributed by atoms with Gasteiger partial charge in [0.05, 0.1) is 13.1 Å². The second-order valence-electron chi connectivity index (χ2n) is 3.44. The van der Waals surface area contributed by atoms with E-state index >= 15 is 0 Å². The van der Waals surface area contributed by atoms with Crippen molar-refractivity contribution in [1.82, 2.24) is 25.5 Å². The fraction of sp³-hybridized carbons (Fsp3) is 0.875. The summed E-state index contributed by atoms with van der Waals surface area (Å²) in [5.74, 6) is 2.22. The Morgan fingerprint density at radius 3 is 3.29 bits per heavy atom. The lowest BCUT2D eigenvalue weighted by atomic mass is 10.2. The summed E-state index contributed by atoms with van der Waals surface area (Å²) >= 11 is 2.03. The van der Waals surface area contributed by atoms with Crippen LogP contribution in [0.1, 0.15) is 18.7 Å². The summed E-state index contributed by atoms with van der Waals surface area (Å²) in [7, 11) is 1.91. The van der Waals surface area contributed by atoms with Gasteiger partial charge in [-0.05, 0) is 36.1 Å². The van der Waals surface area contributed by atoms with E-state index in [1.54, 1.807) is 0 Å². The Hall–Kier alpha value is -0.620. The summed E-state index contributed by atoms with van der Waals surface area (Å²) in [6, 6.07) is 0. The van der Waals surface area contributed by atoms with Gasteiger partial charge in [-0.3, -0.25) is 0 Å². The van der Waals surface area contributed by atoms with Crippen LogP contribution in [0.4, 0.5) is 0 Å². The maximum atomic E-state index is 4.00. The Kier molecular flexibility index (Phi) is 3.36. The van der Waals surface area contributed by atoms with Gasteiger partial charge in [-0.25, -0.2) is 4.68 Å². The highest BCUT2D eigenvalue weighted by atomic mass is 32.2. The fourth-order valence-corrected chi connectivity index (χ4v) is 2.88. The maximum Gasteiger partial charge on any atom is 0.165 e. The Morgan fingerprint density at radius 1 is 1.64 bits per heavy atom. The molecule has 0 amide bonds. The van der Waals surface area contributed by atoms with Crippen LogP contribution in [0, 0.1) is 0 Å². The van der Waals surface area contributed by atoms with Gasteiger partial charge in [0, 0.05) is 5.25 Å². The number of rotatable bonds is 4. The third-order valence-corrected chi connectivity index (χ3v) is 3.72. The summed E-state index contributed by atoms with van der Waals surface area (Å²) in [5, 5.41) is 15.4. The molecule has 0 bridgehead atoms. The molecule has 1 N–H and O–H groups in total. The first-order valence-corrected chi connectivity index (χ1v) is 5.96. The van der Waals surface area contributed by atoms with Crippen molar-refractivity contribution in [3.63, 3.8) is 0 Å². The van der Waals surface area contributed by atoms with Crippen LogP contribution in [0.2, 0.25) is 0 Å². The number of nitrogens with one attached hydrogen (secondary N) is 1. The number of hydrogen-bond donors (Lipinski definition) is 1. The van der Waals surface area contributed by atoms with Gasteiger partial charge in [0.1, 0.15) is 0 Å². The van der Waals surface area contributed by atoms with Gasteiger partial charge < -0.3 is 5.32 Å². The molecule has 1 fully saturated rings. The largest absolute Gasteiger partial charge is 0.313 e. The molecule has 1 unspecified atom stereocenters. The maximum absolute atomic E-state index is 4.00. The fourth-order valence-electron chi connectivity index (χ4n) is 1.63. The predicted octanol–water partition coefficient (Wildman–Crippen LogP) is 0.288. The summed E-state index contributed by atoms with van der Waals surface area (Å²) in [6.07, 6.45) is 2.63. The highest BCUT2D eigenvalue weighted by molar-refractivity contribution is 8.00. The number of tetrazole rings is 1. The quantitative estimate of drug-likeness (QED) is 0.779. The lowest BCUT2D eigenvalue weighted by molar-refractivity contribution is 0.532. The molecule has 1 saturated heterocycles. The molecule has 14 heavy (non-hydrogen) atoms. The van der Waals surface area contributed by atoms with Crippen LogP contribution in [-0.2, 0) is 13.1 Å². The number of thioether (sulfide) groups is 1. The molecule has 1 aromatic rings. The zero-order valence-electron chi connectivity index (χ0n) is 8.31. The number of hydrogen-bond acceptors (Lipinski definition) is 5. The molecule has 0 radical (unpaired) electrons. The van der Waals surface area contributed by atoms with E-state index in [2.05, 4.69) is 20.8 Å². The van der Waals surface area contributed by atoms with E-state index in [0.29, 0.717) is 5.25 Å². The molecule has 0 aliphatic carbocycles. The van der Waals surface area contributed by atoms with Gasteiger partial charge in [0.25, 0.3) is 0 Å². The second-order valence-corrected chi connectivity index (χ2v) is 4.85. The number of aromatic nitrogens is 4. The highest BCUT2D eigenvalue weighted by Gasteiger charge is 2.18. The van der Waals surface area contributed by atoms with Crippen LogP contribution in [0.15, 0.2) is 0 Å². The van der Waals surface area contributed by atoms with Crippen molar-refractivity contribution in [1.29, 1.82) is 0 Å². The van der Waals surface area contributed by atoms with E-state index < -0.39 is 0 Å². The topological polar surface area (TPSA) is 55.6 Å². The Morgan fingerprint density at radius 2 is 2.57 bits per heavy atom. The summed E-state index contributed by atoms with van der Waals surface area (Å²) in [4.78, 5) is 0. The first kappa shape index (κ1) is 9.92. The summed E-state index contributed by atoms with van der Waals surface area (Å²) < 4.78 is 1.92. The molecule has 2 rings (SSSR count). The van der Waals surface area contributed by atoms with Crippen LogP contribution >= 0.6 is 11.8 Å². The smallest absolute Gasteiger partial charge is 0.165 e. The molecular formula is C8H15N5S. The van der Waals surface area contributed by atoms with E-state index in [1.165, 1.54) is 18.6 Å². The average molecular weight is 213 g/mol. The minimum Gasteiger partial charge on any atom is -0.313 e. The zero-order chi connectivity index (χ0) is 9.80. The summed E-state index contributed by atoms with van der Waals surface area (Å²) in [5.41, 5.74) is 0. The van der Waals surface area contributed by atoms with E-state index in [1.807, 2.05) is 23.5 Å². The van der Waals surface area contributed by atoms with Crippen molar-refractivity contribution in [2.24, 2.45) is 0 Å². The Labute approximate surface area is 87.6 Å². The minimum atomic E-state index is 0.703. The lowest BCUT2D eigenvalue weighted by Crippen LogP contribution is -2.18. The van der Waals surface area contributed by atoms with E-state index in [9.17, 15) is 0 Å². The van der Waals surface area contributed by atoms with Crippen molar-refractivity contribution in [2.45, 2.75) is 31.2 Å². The Balaban J connectivity index is 1.96. The molecule has 1 aromatic heterocycles. The van der Waals surface area contributed by atoms with Gasteiger partial charge in [0.15, 0.2) is 5.82 Å². The normalized spacial score (nSPS) is 21.6. The molecule has 1 aliphatic rings. The third-order valence-electron chi connectivity index (χ3n) is 2.34. The molecule has 1 atom stereocenters. The van der Waals surface area contributed by atoms with Crippen LogP contribution in [0.5, 0.6) is 0 Å². The highest BCUT2D eigenvalue weighted by Crippen LogP contribution is 2.27. The van der Waals surface area contributed by atoms with Gasteiger partial charge >= 0.3 is 0 Å². The molecule has 2 heterocycles.